The highest BCUT2D eigenvalue weighted by Crippen LogP contribution is 2.30. The van der Waals surface area contributed by atoms with Crippen LogP contribution in [0.1, 0.15) is 11.7 Å². The molecule has 0 saturated carbocycles. The van der Waals surface area contributed by atoms with Gasteiger partial charge in [-0.2, -0.15) is 16.3 Å². The maximum absolute atomic E-state index is 11.0. The van der Waals surface area contributed by atoms with E-state index in [1.54, 1.807) is 11.4 Å². The summed E-state index contributed by atoms with van der Waals surface area (Å²) >= 11 is 1.46. The SMILES string of the molecule is COc1ncnc(NCC(O)c2ccsc2)c1[N+](=O)[O-]. The van der Waals surface area contributed by atoms with E-state index in [9.17, 15) is 15.2 Å². The standard InChI is InChI=1S/C11H12N4O4S/c1-19-11-9(15(17)18)10(13-6-14-11)12-4-8(16)7-2-3-20-5-7/h2-3,5-6,8,16H,4H2,1H3,(H,12,13,14). The molecule has 20 heavy (non-hydrogen) atoms. The Bertz CT molecular complexity index is 590. The van der Waals surface area contributed by atoms with Crippen LogP contribution in [0, 0.1) is 10.1 Å². The molecule has 2 aromatic heterocycles. The van der Waals surface area contributed by atoms with Gasteiger partial charge in [0.15, 0.2) is 0 Å². The molecule has 1 atom stereocenters. The molecule has 2 aromatic rings. The van der Waals surface area contributed by atoms with Gasteiger partial charge in [-0.25, -0.2) is 4.98 Å². The molecule has 9 heteroatoms. The molecule has 0 aliphatic heterocycles. The summed E-state index contributed by atoms with van der Waals surface area (Å²) in [5, 5.41) is 27.3. The summed E-state index contributed by atoms with van der Waals surface area (Å²) < 4.78 is 4.83. The van der Waals surface area contributed by atoms with Crippen LogP contribution in [0.5, 0.6) is 5.88 Å². The summed E-state index contributed by atoms with van der Waals surface area (Å²) in [5.41, 5.74) is 0.388. The van der Waals surface area contributed by atoms with Gasteiger partial charge in [0.25, 0.3) is 5.88 Å². The Balaban J connectivity index is 2.15. The molecule has 0 amide bonds. The van der Waals surface area contributed by atoms with Gasteiger partial charge in [0, 0.05) is 6.54 Å². The van der Waals surface area contributed by atoms with E-state index in [0.29, 0.717) is 0 Å². The molecule has 0 fully saturated rings. The highest BCUT2D eigenvalue weighted by molar-refractivity contribution is 7.07. The summed E-state index contributed by atoms with van der Waals surface area (Å²) in [5.74, 6) is -0.117. The molecule has 2 rings (SSSR count). The van der Waals surface area contributed by atoms with Gasteiger partial charge in [-0.05, 0) is 22.4 Å². The number of nitrogens with zero attached hydrogens (tertiary/aromatic N) is 3. The van der Waals surface area contributed by atoms with E-state index in [2.05, 4.69) is 15.3 Å². The van der Waals surface area contributed by atoms with Gasteiger partial charge in [-0.15, -0.1) is 0 Å². The van der Waals surface area contributed by atoms with Crippen LogP contribution < -0.4 is 10.1 Å². The van der Waals surface area contributed by atoms with Gasteiger partial charge in [-0.3, -0.25) is 10.1 Å². The smallest absolute Gasteiger partial charge is 0.372 e. The van der Waals surface area contributed by atoms with Crippen LogP contribution in [-0.2, 0) is 0 Å². The third kappa shape index (κ3) is 3.00. The van der Waals surface area contributed by atoms with Crippen molar-refractivity contribution in [2.75, 3.05) is 19.0 Å². The molecular weight excluding hydrogens is 284 g/mol. The van der Waals surface area contributed by atoms with Gasteiger partial charge in [0.05, 0.1) is 18.1 Å². The second-order valence-corrected chi connectivity index (χ2v) is 4.57. The quantitative estimate of drug-likeness (QED) is 0.615. The average molecular weight is 296 g/mol. The van der Waals surface area contributed by atoms with Crippen molar-refractivity contribution in [1.82, 2.24) is 9.97 Å². The molecule has 8 nitrogen and oxygen atoms in total. The van der Waals surface area contributed by atoms with Crippen molar-refractivity contribution in [2.24, 2.45) is 0 Å². The maximum atomic E-state index is 11.0. The highest BCUT2D eigenvalue weighted by Gasteiger charge is 2.24. The molecule has 0 radical (unpaired) electrons. The second kappa shape index (κ2) is 6.26. The monoisotopic (exact) mass is 296 g/mol. The summed E-state index contributed by atoms with van der Waals surface area (Å²) in [6, 6.07) is 1.78. The number of hydrogen-bond donors (Lipinski definition) is 2. The molecule has 0 aliphatic carbocycles. The van der Waals surface area contributed by atoms with Gasteiger partial charge in [0.1, 0.15) is 6.33 Å². The van der Waals surface area contributed by atoms with Crippen LogP contribution in [0.15, 0.2) is 23.2 Å². The molecule has 0 bridgehead atoms. The highest BCUT2D eigenvalue weighted by atomic mass is 32.1. The zero-order valence-electron chi connectivity index (χ0n) is 10.5. The van der Waals surface area contributed by atoms with Crippen LogP contribution in [0.25, 0.3) is 0 Å². The average Bonchev–Trinajstić information content (AvgIpc) is 2.98. The molecular formula is C11H12N4O4S. The number of aliphatic hydroxyl groups excluding tert-OH is 1. The number of methoxy groups -OCH3 is 1. The van der Waals surface area contributed by atoms with Crippen molar-refractivity contribution >= 4 is 22.8 Å². The number of aliphatic hydroxyl groups is 1. The summed E-state index contributed by atoms with van der Waals surface area (Å²) in [6.45, 7) is 0.0950. The number of aromatic nitrogens is 2. The van der Waals surface area contributed by atoms with E-state index in [0.717, 1.165) is 11.9 Å². The fourth-order valence-corrected chi connectivity index (χ4v) is 2.29. The van der Waals surface area contributed by atoms with Gasteiger partial charge < -0.3 is 15.2 Å². The predicted molar refractivity (Wildman–Crippen MR) is 73.0 cm³/mol. The van der Waals surface area contributed by atoms with Gasteiger partial charge in [-0.1, -0.05) is 0 Å². The number of anilines is 1. The molecule has 2 heterocycles. The number of thiophene rings is 1. The fourth-order valence-electron chi connectivity index (χ4n) is 1.58. The van der Waals surface area contributed by atoms with E-state index >= 15 is 0 Å². The van der Waals surface area contributed by atoms with Gasteiger partial charge >= 0.3 is 5.69 Å². The van der Waals surface area contributed by atoms with Crippen molar-refractivity contribution < 1.29 is 14.8 Å². The van der Waals surface area contributed by atoms with Crippen LogP contribution in [0.4, 0.5) is 11.5 Å². The zero-order chi connectivity index (χ0) is 14.5. The Morgan fingerprint density at radius 2 is 2.40 bits per heavy atom. The minimum Gasteiger partial charge on any atom is -0.476 e. The Labute approximate surface area is 118 Å². The Morgan fingerprint density at radius 3 is 3.00 bits per heavy atom. The molecule has 0 aromatic carbocycles. The molecule has 0 saturated heterocycles. The van der Waals surface area contributed by atoms with E-state index in [1.165, 1.54) is 18.4 Å². The number of nitrogens with one attached hydrogen (secondary N) is 1. The van der Waals surface area contributed by atoms with Crippen LogP contribution in [0.3, 0.4) is 0 Å². The fraction of sp³-hybridized carbons (Fsp3) is 0.273. The van der Waals surface area contributed by atoms with Crippen LogP contribution in [-0.4, -0.2) is 33.7 Å². The molecule has 0 aliphatic rings. The van der Waals surface area contributed by atoms with Gasteiger partial charge in [0.2, 0.25) is 5.82 Å². The summed E-state index contributed by atoms with van der Waals surface area (Å²) in [6.07, 6.45) is 0.382. The Hall–Kier alpha value is -2.26. The first-order valence-corrected chi connectivity index (χ1v) is 6.55. The van der Waals surface area contributed by atoms with Crippen molar-refractivity contribution in [3.63, 3.8) is 0 Å². The number of rotatable bonds is 6. The minimum absolute atomic E-state index is 0.0103. The van der Waals surface area contributed by atoms with E-state index in [4.69, 9.17) is 4.74 Å². The normalized spacial score (nSPS) is 11.9. The number of hydrogen-bond acceptors (Lipinski definition) is 8. The second-order valence-electron chi connectivity index (χ2n) is 3.79. The van der Waals surface area contributed by atoms with Crippen molar-refractivity contribution in [2.45, 2.75) is 6.10 Å². The third-order valence-electron chi connectivity index (χ3n) is 2.56. The maximum Gasteiger partial charge on any atom is 0.372 e. The van der Waals surface area contributed by atoms with Crippen molar-refractivity contribution in [3.05, 3.63) is 38.8 Å². The first-order chi connectivity index (χ1) is 9.63. The molecule has 1 unspecified atom stereocenters. The molecule has 2 N–H and O–H groups in total. The molecule has 0 spiro atoms. The zero-order valence-corrected chi connectivity index (χ0v) is 11.3. The van der Waals surface area contributed by atoms with Crippen LogP contribution >= 0.6 is 11.3 Å². The summed E-state index contributed by atoms with van der Waals surface area (Å²) in [7, 11) is 1.29. The minimum atomic E-state index is -0.776. The lowest BCUT2D eigenvalue weighted by Crippen LogP contribution is -2.14. The lowest BCUT2D eigenvalue weighted by molar-refractivity contribution is -0.385. The topological polar surface area (TPSA) is 110 Å². The first-order valence-electron chi connectivity index (χ1n) is 5.61. The molecule has 106 valence electrons. The largest absolute Gasteiger partial charge is 0.476 e. The third-order valence-corrected chi connectivity index (χ3v) is 3.26. The Morgan fingerprint density at radius 1 is 1.60 bits per heavy atom. The lowest BCUT2D eigenvalue weighted by Gasteiger charge is -2.11. The van der Waals surface area contributed by atoms with Crippen molar-refractivity contribution in [3.8, 4) is 5.88 Å². The van der Waals surface area contributed by atoms with E-state index < -0.39 is 11.0 Å². The predicted octanol–water partition coefficient (Wildman–Crippen LogP) is 1.60. The van der Waals surface area contributed by atoms with Crippen molar-refractivity contribution in [1.29, 1.82) is 0 Å². The number of ether oxygens (including phenoxy) is 1. The Kier molecular flexibility index (Phi) is 4.43. The first kappa shape index (κ1) is 14.2. The summed E-state index contributed by atoms with van der Waals surface area (Å²) in [4.78, 5) is 17.9. The van der Waals surface area contributed by atoms with E-state index in [1.807, 2.05) is 5.38 Å². The number of nitro groups is 1. The van der Waals surface area contributed by atoms with Crippen LogP contribution in [0.2, 0.25) is 0 Å². The van der Waals surface area contributed by atoms with E-state index in [-0.39, 0.29) is 23.9 Å². The lowest BCUT2D eigenvalue weighted by atomic mass is 10.2.